The van der Waals surface area contributed by atoms with Gasteiger partial charge in [-0.25, -0.2) is 0 Å². The Hall–Kier alpha value is -2.54. The Labute approximate surface area is 124 Å². The molecule has 0 unspecified atom stereocenters. The van der Waals surface area contributed by atoms with Crippen LogP contribution < -0.4 is 4.74 Å². The second kappa shape index (κ2) is 6.27. The Kier molecular flexibility index (Phi) is 4.44. The molecule has 0 aliphatic carbocycles. The number of hydrogen-bond donors (Lipinski definition) is 0. The lowest BCUT2D eigenvalue weighted by Gasteiger charge is -2.06. The van der Waals surface area contributed by atoms with E-state index < -0.39 is 0 Å². The van der Waals surface area contributed by atoms with Gasteiger partial charge in [-0.3, -0.25) is 4.79 Å². The van der Waals surface area contributed by atoms with Crippen LogP contribution in [0, 0.1) is 25.2 Å². The minimum atomic E-state index is -0.0303. The fourth-order valence-electron chi connectivity index (χ4n) is 2.16. The van der Waals surface area contributed by atoms with E-state index in [1.54, 1.807) is 12.1 Å². The number of ether oxygens (including phenoxy) is 1. The minimum Gasteiger partial charge on any atom is -0.485 e. The summed E-state index contributed by atoms with van der Waals surface area (Å²) in [6.45, 7) is 3.91. The molecule has 0 aliphatic rings. The molecule has 0 spiro atoms. The summed E-state index contributed by atoms with van der Waals surface area (Å²) in [5.74, 6) is 0.604. The number of rotatable bonds is 5. The van der Waals surface area contributed by atoms with Gasteiger partial charge in [-0.2, -0.15) is 5.26 Å². The van der Waals surface area contributed by atoms with E-state index in [4.69, 9.17) is 10.00 Å². The van der Waals surface area contributed by atoms with Gasteiger partial charge in [0.15, 0.2) is 6.61 Å². The van der Waals surface area contributed by atoms with Crippen molar-refractivity contribution in [3.8, 4) is 11.8 Å². The van der Waals surface area contributed by atoms with Gasteiger partial charge in [0.05, 0.1) is 12.5 Å². The Morgan fingerprint density at radius 3 is 2.48 bits per heavy atom. The Bertz CT molecular complexity index is 691. The zero-order chi connectivity index (χ0) is 15.4. The van der Waals surface area contributed by atoms with Crippen molar-refractivity contribution < 1.29 is 9.53 Å². The number of aromatic nitrogens is 1. The Balaban J connectivity index is 2.01. The third-order valence-corrected chi connectivity index (χ3v) is 3.65. The first kappa shape index (κ1) is 14.9. The van der Waals surface area contributed by atoms with Crippen molar-refractivity contribution in [3.63, 3.8) is 0 Å². The predicted octanol–water partition coefficient (Wildman–Crippen LogP) is 2.97. The van der Waals surface area contributed by atoms with Gasteiger partial charge in [0.2, 0.25) is 5.78 Å². The number of nitrogens with zero attached hydrogens (tertiary/aromatic N) is 2. The standard InChI is InChI=1S/C17H18N2O2/c1-12-10-16(13(2)19(12)3)17(20)11-21-15-6-4-14(5-7-15)8-9-18/h4-7,10H,8,11H2,1-3H3. The van der Waals surface area contributed by atoms with Gasteiger partial charge in [-0.15, -0.1) is 0 Å². The quantitative estimate of drug-likeness (QED) is 0.792. The van der Waals surface area contributed by atoms with Crippen LogP contribution in [0.4, 0.5) is 0 Å². The van der Waals surface area contributed by atoms with E-state index >= 15 is 0 Å². The molecule has 1 aromatic carbocycles. The highest BCUT2D eigenvalue weighted by Gasteiger charge is 2.14. The van der Waals surface area contributed by atoms with Crippen LogP contribution >= 0.6 is 0 Å². The molecule has 21 heavy (non-hydrogen) atoms. The zero-order valence-corrected chi connectivity index (χ0v) is 12.5. The molecule has 0 N–H and O–H groups in total. The summed E-state index contributed by atoms with van der Waals surface area (Å²) in [4.78, 5) is 12.2. The van der Waals surface area contributed by atoms with Gasteiger partial charge < -0.3 is 9.30 Å². The van der Waals surface area contributed by atoms with Crippen molar-refractivity contribution in [1.82, 2.24) is 4.57 Å². The van der Waals surface area contributed by atoms with Crippen molar-refractivity contribution in [2.24, 2.45) is 7.05 Å². The van der Waals surface area contributed by atoms with Crippen LogP contribution in [0.5, 0.6) is 5.75 Å². The number of ketones is 1. The van der Waals surface area contributed by atoms with Crippen LogP contribution in [0.1, 0.15) is 27.3 Å². The van der Waals surface area contributed by atoms with E-state index in [2.05, 4.69) is 6.07 Å². The number of carbonyl (C=O) groups excluding carboxylic acids is 1. The number of aryl methyl sites for hydroxylation is 1. The van der Waals surface area contributed by atoms with Crippen LogP contribution in [0.15, 0.2) is 30.3 Å². The van der Waals surface area contributed by atoms with Gasteiger partial charge in [0.25, 0.3) is 0 Å². The number of benzene rings is 1. The summed E-state index contributed by atoms with van der Waals surface area (Å²) in [6, 6.07) is 11.2. The molecule has 0 saturated heterocycles. The average molecular weight is 282 g/mol. The third-order valence-electron chi connectivity index (χ3n) is 3.65. The first-order valence-corrected chi connectivity index (χ1v) is 6.77. The molecule has 0 atom stereocenters. The van der Waals surface area contributed by atoms with Crippen LogP contribution in [-0.4, -0.2) is 17.0 Å². The molecule has 4 heteroatoms. The molecule has 0 aliphatic heterocycles. The molecule has 1 heterocycles. The lowest BCUT2D eigenvalue weighted by atomic mass is 10.1. The number of Topliss-reactive ketones (excluding diaryl/α,β-unsaturated/α-hetero) is 1. The second-order valence-corrected chi connectivity index (χ2v) is 5.03. The summed E-state index contributed by atoms with van der Waals surface area (Å²) in [5.41, 5.74) is 3.64. The lowest BCUT2D eigenvalue weighted by molar-refractivity contribution is 0.0921. The van der Waals surface area contributed by atoms with Gasteiger partial charge in [-0.05, 0) is 37.6 Å². The van der Waals surface area contributed by atoms with E-state index in [1.165, 1.54) is 0 Å². The molecule has 0 amide bonds. The molecule has 4 nitrogen and oxygen atoms in total. The van der Waals surface area contributed by atoms with Gasteiger partial charge in [0, 0.05) is 24.0 Å². The van der Waals surface area contributed by atoms with E-state index in [-0.39, 0.29) is 12.4 Å². The van der Waals surface area contributed by atoms with Gasteiger partial charge in [-0.1, -0.05) is 12.1 Å². The molecular weight excluding hydrogens is 264 g/mol. The van der Waals surface area contributed by atoms with Crippen LogP contribution in [-0.2, 0) is 13.5 Å². The largest absolute Gasteiger partial charge is 0.485 e. The highest BCUT2D eigenvalue weighted by Crippen LogP contribution is 2.16. The Morgan fingerprint density at radius 2 is 1.95 bits per heavy atom. The molecule has 2 rings (SSSR count). The van der Waals surface area contributed by atoms with E-state index in [9.17, 15) is 4.79 Å². The fraction of sp³-hybridized carbons (Fsp3) is 0.294. The van der Waals surface area contributed by atoms with Crippen molar-refractivity contribution in [2.75, 3.05) is 6.61 Å². The maximum absolute atomic E-state index is 12.2. The smallest absolute Gasteiger partial charge is 0.202 e. The number of hydrogen-bond acceptors (Lipinski definition) is 3. The van der Waals surface area contributed by atoms with Crippen LogP contribution in [0.25, 0.3) is 0 Å². The summed E-state index contributed by atoms with van der Waals surface area (Å²) < 4.78 is 7.51. The highest BCUT2D eigenvalue weighted by atomic mass is 16.5. The summed E-state index contributed by atoms with van der Waals surface area (Å²) in [6.07, 6.45) is 0.377. The molecule has 0 bridgehead atoms. The van der Waals surface area contributed by atoms with Crippen molar-refractivity contribution in [1.29, 1.82) is 5.26 Å². The lowest BCUT2D eigenvalue weighted by Crippen LogP contribution is -2.12. The van der Waals surface area contributed by atoms with Gasteiger partial charge in [0.1, 0.15) is 5.75 Å². The molecule has 108 valence electrons. The number of carbonyl (C=O) groups is 1. The first-order chi connectivity index (χ1) is 10.0. The Morgan fingerprint density at radius 1 is 1.29 bits per heavy atom. The summed E-state index contributed by atoms with van der Waals surface area (Å²) >= 11 is 0. The first-order valence-electron chi connectivity index (χ1n) is 6.77. The topological polar surface area (TPSA) is 55.0 Å². The van der Waals surface area contributed by atoms with Gasteiger partial charge >= 0.3 is 0 Å². The molecule has 0 radical (unpaired) electrons. The predicted molar refractivity (Wildman–Crippen MR) is 80.5 cm³/mol. The normalized spacial score (nSPS) is 10.2. The molecule has 1 aromatic heterocycles. The van der Waals surface area contributed by atoms with E-state index in [1.807, 2.05) is 43.7 Å². The SMILES string of the molecule is Cc1cc(C(=O)COc2ccc(CC#N)cc2)c(C)n1C. The van der Waals surface area contributed by atoms with Crippen molar-refractivity contribution in [3.05, 3.63) is 52.8 Å². The zero-order valence-electron chi connectivity index (χ0n) is 12.5. The average Bonchev–Trinajstić information content (AvgIpc) is 2.74. The maximum Gasteiger partial charge on any atom is 0.202 e. The summed E-state index contributed by atoms with van der Waals surface area (Å²) in [5, 5.41) is 8.61. The van der Waals surface area contributed by atoms with E-state index in [0.717, 1.165) is 17.0 Å². The fourth-order valence-corrected chi connectivity index (χ4v) is 2.16. The molecular formula is C17H18N2O2. The molecule has 2 aromatic rings. The minimum absolute atomic E-state index is 0.0158. The molecule has 0 fully saturated rings. The number of nitriles is 1. The van der Waals surface area contributed by atoms with Crippen molar-refractivity contribution >= 4 is 5.78 Å². The van der Waals surface area contributed by atoms with Crippen LogP contribution in [0.2, 0.25) is 0 Å². The maximum atomic E-state index is 12.2. The monoisotopic (exact) mass is 282 g/mol. The summed E-state index contributed by atoms with van der Waals surface area (Å²) in [7, 11) is 1.94. The van der Waals surface area contributed by atoms with E-state index in [0.29, 0.717) is 17.7 Å². The van der Waals surface area contributed by atoms with Crippen molar-refractivity contribution in [2.45, 2.75) is 20.3 Å². The van der Waals surface area contributed by atoms with Crippen LogP contribution in [0.3, 0.4) is 0 Å². The second-order valence-electron chi connectivity index (χ2n) is 5.03. The highest BCUT2D eigenvalue weighted by molar-refractivity contribution is 5.98. The third kappa shape index (κ3) is 3.32. The molecule has 0 saturated carbocycles.